The highest BCUT2D eigenvalue weighted by atomic mass is 32.2. The van der Waals surface area contributed by atoms with Gasteiger partial charge < -0.3 is 0 Å². The summed E-state index contributed by atoms with van der Waals surface area (Å²) in [4.78, 5) is 10.1. The summed E-state index contributed by atoms with van der Waals surface area (Å²) >= 11 is 0. The number of sulfonamides is 1. The van der Waals surface area contributed by atoms with Crippen LogP contribution in [0.1, 0.15) is 24.8 Å². The van der Waals surface area contributed by atoms with Crippen LogP contribution in [0.5, 0.6) is 0 Å². The van der Waals surface area contributed by atoms with Crippen molar-refractivity contribution in [1.82, 2.24) is 4.72 Å². The number of benzene rings is 2. The second-order valence-electron chi connectivity index (χ2n) is 5.88. The third-order valence-corrected chi connectivity index (χ3v) is 5.39. The van der Waals surface area contributed by atoms with E-state index >= 15 is 0 Å². The Kier molecular flexibility index (Phi) is 7.45. The van der Waals surface area contributed by atoms with Crippen molar-refractivity contribution in [3.63, 3.8) is 0 Å². The zero-order valence-corrected chi connectivity index (χ0v) is 15.7. The van der Waals surface area contributed by atoms with Crippen molar-refractivity contribution in [1.29, 1.82) is 0 Å². The van der Waals surface area contributed by atoms with Crippen LogP contribution >= 0.6 is 0 Å². The minimum absolute atomic E-state index is 0.109. The summed E-state index contributed by atoms with van der Waals surface area (Å²) in [6, 6.07) is 14.9. The molecule has 2 aromatic carbocycles. The minimum atomic E-state index is -3.79. The molecule has 0 heterocycles. The Morgan fingerprint density at radius 2 is 1.89 bits per heavy atom. The molecular formula is C20H22N2O4S. The molecule has 0 aliphatic carbocycles. The molecule has 0 amide bonds. The molecule has 0 radical (unpaired) electrons. The van der Waals surface area contributed by atoms with E-state index in [-0.39, 0.29) is 17.1 Å². The van der Waals surface area contributed by atoms with E-state index in [1.165, 1.54) is 18.2 Å². The summed E-state index contributed by atoms with van der Waals surface area (Å²) in [6.07, 6.45) is 5.94. The van der Waals surface area contributed by atoms with Crippen molar-refractivity contribution < 1.29 is 13.3 Å². The van der Waals surface area contributed by atoms with Gasteiger partial charge in [0, 0.05) is 18.7 Å². The maximum atomic E-state index is 12.3. The van der Waals surface area contributed by atoms with Crippen molar-refractivity contribution in [3.8, 4) is 0 Å². The fourth-order valence-corrected chi connectivity index (χ4v) is 3.69. The van der Waals surface area contributed by atoms with Crippen LogP contribution in [0.15, 0.2) is 78.2 Å². The van der Waals surface area contributed by atoms with E-state index in [2.05, 4.69) is 17.4 Å². The second-order valence-corrected chi connectivity index (χ2v) is 7.64. The van der Waals surface area contributed by atoms with Crippen LogP contribution in [0, 0.1) is 10.1 Å². The first-order valence-corrected chi connectivity index (χ1v) is 10.0. The molecule has 142 valence electrons. The molecule has 7 heteroatoms. The predicted octanol–water partition coefficient (Wildman–Crippen LogP) is 4.31. The maximum Gasteiger partial charge on any atom is 0.270 e. The highest BCUT2D eigenvalue weighted by Gasteiger charge is 2.17. The lowest BCUT2D eigenvalue weighted by Crippen LogP contribution is -2.24. The smallest absolute Gasteiger partial charge is 0.258 e. The van der Waals surface area contributed by atoms with Crippen molar-refractivity contribution in [2.75, 3.05) is 6.54 Å². The van der Waals surface area contributed by atoms with Gasteiger partial charge in [-0.05, 0) is 36.5 Å². The predicted molar refractivity (Wildman–Crippen MR) is 107 cm³/mol. The van der Waals surface area contributed by atoms with E-state index < -0.39 is 14.9 Å². The zero-order valence-electron chi connectivity index (χ0n) is 14.9. The molecule has 0 unspecified atom stereocenters. The Balaban J connectivity index is 1.99. The van der Waals surface area contributed by atoms with Gasteiger partial charge in [-0.2, -0.15) is 0 Å². The lowest BCUT2D eigenvalue weighted by atomic mass is 10.00. The van der Waals surface area contributed by atoms with E-state index in [0.717, 1.165) is 23.6 Å². The quantitative estimate of drug-likeness (QED) is 0.285. The number of allylic oxidation sites excluding steroid dienone is 3. The van der Waals surface area contributed by atoms with E-state index in [1.54, 1.807) is 0 Å². The van der Waals surface area contributed by atoms with Gasteiger partial charge >= 0.3 is 0 Å². The second kappa shape index (κ2) is 9.80. The van der Waals surface area contributed by atoms with Gasteiger partial charge in [0.1, 0.15) is 0 Å². The van der Waals surface area contributed by atoms with E-state index in [4.69, 9.17) is 0 Å². The van der Waals surface area contributed by atoms with Gasteiger partial charge in [-0.25, -0.2) is 13.1 Å². The van der Waals surface area contributed by atoms with Crippen LogP contribution in [0.4, 0.5) is 5.69 Å². The summed E-state index contributed by atoms with van der Waals surface area (Å²) < 4.78 is 27.2. The standard InChI is InChI=1S/C20H22N2O4S/c1-2-3-9-17(18-10-5-4-6-11-18)12-8-15-21-27(25,26)20-14-7-13-19(16-20)22(23)24/h2,4-7,9-11,13-14,16,21H,1,3,8,12,15H2/b17-9-. The molecule has 0 saturated heterocycles. The van der Waals surface area contributed by atoms with E-state index in [0.29, 0.717) is 12.8 Å². The summed E-state index contributed by atoms with van der Waals surface area (Å²) in [6.45, 7) is 3.96. The zero-order chi connectivity index (χ0) is 19.7. The van der Waals surface area contributed by atoms with Gasteiger partial charge in [0.25, 0.3) is 5.69 Å². The van der Waals surface area contributed by atoms with Crippen molar-refractivity contribution in [3.05, 3.63) is 89.0 Å². The van der Waals surface area contributed by atoms with Crippen LogP contribution in [0.3, 0.4) is 0 Å². The largest absolute Gasteiger partial charge is 0.270 e. The van der Waals surface area contributed by atoms with Crippen LogP contribution in [-0.4, -0.2) is 19.9 Å². The van der Waals surface area contributed by atoms with Crippen LogP contribution in [-0.2, 0) is 10.0 Å². The minimum Gasteiger partial charge on any atom is -0.258 e. The van der Waals surface area contributed by atoms with Gasteiger partial charge in [0.2, 0.25) is 10.0 Å². The Morgan fingerprint density at radius 1 is 1.15 bits per heavy atom. The molecule has 2 aromatic rings. The fraction of sp³-hybridized carbons (Fsp3) is 0.200. The van der Waals surface area contributed by atoms with Crippen LogP contribution in [0.25, 0.3) is 5.57 Å². The number of nitro groups is 1. The first kappa shape index (κ1) is 20.5. The first-order chi connectivity index (χ1) is 12.9. The first-order valence-electron chi connectivity index (χ1n) is 8.53. The van der Waals surface area contributed by atoms with E-state index in [1.807, 2.05) is 36.4 Å². The fourth-order valence-electron chi connectivity index (χ4n) is 2.58. The topological polar surface area (TPSA) is 89.3 Å². The molecule has 1 N–H and O–H groups in total. The molecule has 0 aliphatic rings. The van der Waals surface area contributed by atoms with Gasteiger partial charge in [0.15, 0.2) is 0 Å². The highest BCUT2D eigenvalue weighted by molar-refractivity contribution is 7.89. The summed E-state index contributed by atoms with van der Waals surface area (Å²) in [7, 11) is -3.79. The monoisotopic (exact) mass is 386 g/mol. The van der Waals surface area contributed by atoms with Gasteiger partial charge in [-0.3, -0.25) is 10.1 Å². The number of rotatable bonds is 10. The lowest BCUT2D eigenvalue weighted by molar-refractivity contribution is -0.385. The van der Waals surface area contributed by atoms with Gasteiger partial charge in [0.05, 0.1) is 9.82 Å². The number of non-ortho nitro benzene ring substituents is 1. The molecule has 0 atom stereocenters. The molecule has 0 saturated carbocycles. The van der Waals surface area contributed by atoms with Crippen molar-refractivity contribution in [2.24, 2.45) is 0 Å². The molecule has 2 rings (SSSR count). The number of nitro benzene ring substituents is 1. The average molecular weight is 386 g/mol. The molecule has 27 heavy (non-hydrogen) atoms. The Bertz CT molecular complexity index is 922. The number of hydrogen-bond acceptors (Lipinski definition) is 4. The number of nitrogens with one attached hydrogen (secondary N) is 1. The maximum absolute atomic E-state index is 12.3. The molecule has 0 fully saturated rings. The van der Waals surface area contributed by atoms with Crippen LogP contribution in [0.2, 0.25) is 0 Å². The number of hydrogen-bond donors (Lipinski definition) is 1. The van der Waals surface area contributed by atoms with Gasteiger partial charge in [-0.15, -0.1) is 6.58 Å². The lowest BCUT2D eigenvalue weighted by Gasteiger charge is -2.10. The molecule has 0 aliphatic heterocycles. The summed E-state index contributed by atoms with van der Waals surface area (Å²) in [5.74, 6) is 0. The molecule has 6 nitrogen and oxygen atoms in total. The molecule has 0 aromatic heterocycles. The summed E-state index contributed by atoms with van der Waals surface area (Å²) in [5, 5.41) is 10.8. The van der Waals surface area contributed by atoms with Crippen molar-refractivity contribution >= 4 is 21.3 Å². The van der Waals surface area contributed by atoms with E-state index in [9.17, 15) is 18.5 Å². The normalized spacial score (nSPS) is 11.9. The van der Waals surface area contributed by atoms with Crippen molar-refractivity contribution in [2.45, 2.75) is 24.2 Å². The molecule has 0 spiro atoms. The van der Waals surface area contributed by atoms with Gasteiger partial charge in [-0.1, -0.05) is 48.6 Å². The van der Waals surface area contributed by atoms with Crippen LogP contribution < -0.4 is 4.72 Å². The highest BCUT2D eigenvalue weighted by Crippen LogP contribution is 2.21. The SMILES string of the molecule is C=CC/C=C(/CCCNS(=O)(=O)c1cccc([N+](=O)[O-])c1)c1ccccc1. The third-order valence-electron chi connectivity index (χ3n) is 3.93. The Labute approximate surface area is 159 Å². The Morgan fingerprint density at radius 3 is 2.56 bits per heavy atom. The number of nitrogens with zero attached hydrogens (tertiary/aromatic N) is 1. The third kappa shape index (κ3) is 6.16. The Hall–Kier alpha value is -2.77. The average Bonchev–Trinajstić information content (AvgIpc) is 2.68. The molecular weight excluding hydrogens is 364 g/mol. The summed E-state index contributed by atoms with van der Waals surface area (Å²) in [5.41, 5.74) is 1.97. The molecule has 0 bridgehead atoms.